The van der Waals surface area contributed by atoms with Crippen molar-refractivity contribution in [2.75, 3.05) is 19.6 Å². The molecule has 3 nitrogen and oxygen atoms in total. The van der Waals surface area contributed by atoms with Gasteiger partial charge in [-0.1, -0.05) is 44.6 Å². The molecule has 1 aliphatic heterocycles. The molecule has 0 atom stereocenters. The average Bonchev–Trinajstić information content (AvgIpc) is 2.45. The van der Waals surface area contributed by atoms with Gasteiger partial charge in [0.2, 0.25) is 0 Å². The van der Waals surface area contributed by atoms with Crippen LogP contribution < -0.4 is 10.6 Å². The first-order valence-corrected chi connectivity index (χ1v) is 7.24. The maximum absolute atomic E-state index is 12.1. The summed E-state index contributed by atoms with van der Waals surface area (Å²) >= 11 is 0. The Labute approximate surface area is 121 Å². The van der Waals surface area contributed by atoms with Gasteiger partial charge in [0.25, 0.3) is 5.91 Å². The Morgan fingerprint density at radius 3 is 2.50 bits per heavy atom. The molecule has 1 aliphatic rings. The molecule has 108 valence electrons. The van der Waals surface area contributed by atoms with Crippen LogP contribution in [0.1, 0.15) is 43.1 Å². The molecule has 2 N–H and O–H groups in total. The van der Waals surface area contributed by atoms with Crippen molar-refractivity contribution in [2.24, 2.45) is 0 Å². The first-order chi connectivity index (χ1) is 9.47. The second kappa shape index (κ2) is 6.23. The lowest BCUT2D eigenvalue weighted by Crippen LogP contribution is -2.29. The first kappa shape index (κ1) is 14.8. The molecule has 0 saturated heterocycles. The molecule has 0 aliphatic carbocycles. The number of nitrogens with one attached hydrogen (secondary N) is 2. The van der Waals surface area contributed by atoms with Crippen LogP contribution >= 0.6 is 0 Å². The van der Waals surface area contributed by atoms with Crippen LogP contribution in [0.25, 0.3) is 0 Å². The molecule has 20 heavy (non-hydrogen) atoms. The van der Waals surface area contributed by atoms with Crippen LogP contribution in [0.4, 0.5) is 0 Å². The summed E-state index contributed by atoms with van der Waals surface area (Å²) in [5.41, 5.74) is 3.40. The van der Waals surface area contributed by atoms with Crippen molar-refractivity contribution in [1.29, 1.82) is 0 Å². The third kappa shape index (κ3) is 3.94. The molecule has 3 heteroatoms. The molecule has 0 radical (unpaired) electrons. The van der Waals surface area contributed by atoms with Gasteiger partial charge in [-0.25, -0.2) is 0 Å². The highest BCUT2D eigenvalue weighted by Gasteiger charge is 2.14. The topological polar surface area (TPSA) is 41.1 Å². The molecule has 0 bridgehead atoms. The van der Waals surface area contributed by atoms with Crippen molar-refractivity contribution in [3.05, 3.63) is 47.0 Å². The van der Waals surface area contributed by atoms with Crippen LogP contribution in [0.15, 0.2) is 35.9 Å². The number of amides is 1. The standard InChI is InChI=1S/C17H24N2O/c1-17(2,3)15-6-4-14(5-7-15)16(20)19-12-13-8-10-18-11-9-13/h4-8,18H,9-12H2,1-3H3,(H,19,20). The lowest BCUT2D eigenvalue weighted by atomic mass is 9.87. The van der Waals surface area contributed by atoms with Crippen LogP contribution in [0, 0.1) is 0 Å². The van der Waals surface area contributed by atoms with Crippen molar-refractivity contribution < 1.29 is 4.79 Å². The highest BCUT2D eigenvalue weighted by Crippen LogP contribution is 2.22. The maximum atomic E-state index is 12.1. The van der Waals surface area contributed by atoms with E-state index in [1.54, 1.807) is 0 Å². The number of rotatable bonds is 3. The summed E-state index contributed by atoms with van der Waals surface area (Å²) in [4.78, 5) is 12.1. The Morgan fingerprint density at radius 1 is 1.25 bits per heavy atom. The highest BCUT2D eigenvalue weighted by molar-refractivity contribution is 5.94. The number of carbonyl (C=O) groups is 1. The number of benzene rings is 1. The molecular weight excluding hydrogens is 248 g/mol. The predicted octanol–water partition coefficient (Wildman–Crippen LogP) is 2.63. The normalized spacial score (nSPS) is 15.7. The van der Waals surface area contributed by atoms with Gasteiger partial charge in [-0.15, -0.1) is 0 Å². The van der Waals surface area contributed by atoms with E-state index in [1.165, 1.54) is 11.1 Å². The summed E-state index contributed by atoms with van der Waals surface area (Å²) in [6.07, 6.45) is 3.18. The Bertz CT molecular complexity index is 495. The van der Waals surface area contributed by atoms with Gasteiger partial charge in [0.15, 0.2) is 0 Å². The summed E-state index contributed by atoms with van der Waals surface area (Å²) < 4.78 is 0. The first-order valence-electron chi connectivity index (χ1n) is 7.24. The molecule has 0 saturated carbocycles. The van der Waals surface area contributed by atoms with Gasteiger partial charge in [-0.3, -0.25) is 4.79 Å². The van der Waals surface area contributed by atoms with Crippen LogP contribution in [0.3, 0.4) is 0 Å². The minimum absolute atomic E-state index is 0.00453. The highest BCUT2D eigenvalue weighted by atomic mass is 16.1. The Morgan fingerprint density at radius 2 is 1.95 bits per heavy atom. The van der Waals surface area contributed by atoms with Crippen molar-refractivity contribution in [1.82, 2.24) is 10.6 Å². The molecule has 1 amide bonds. The minimum atomic E-state index is 0.00453. The van der Waals surface area contributed by atoms with E-state index in [0.29, 0.717) is 6.54 Å². The average molecular weight is 272 g/mol. The zero-order chi connectivity index (χ0) is 14.6. The predicted molar refractivity (Wildman–Crippen MR) is 83.0 cm³/mol. The second-order valence-corrected chi connectivity index (χ2v) is 6.33. The van der Waals surface area contributed by atoms with Crippen molar-refractivity contribution >= 4 is 5.91 Å². The summed E-state index contributed by atoms with van der Waals surface area (Å²) in [6.45, 7) is 9.08. The molecule has 1 aromatic rings. The van der Waals surface area contributed by atoms with E-state index >= 15 is 0 Å². The fraction of sp³-hybridized carbons (Fsp3) is 0.471. The van der Waals surface area contributed by atoms with Gasteiger partial charge < -0.3 is 10.6 Å². The van der Waals surface area contributed by atoms with E-state index < -0.39 is 0 Å². The van der Waals surface area contributed by atoms with Crippen LogP contribution in [0.2, 0.25) is 0 Å². The fourth-order valence-corrected chi connectivity index (χ4v) is 2.25. The van der Waals surface area contributed by atoms with Gasteiger partial charge in [-0.2, -0.15) is 0 Å². The lowest BCUT2D eigenvalue weighted by molar-refractivity contribution is 0.0956. The largest absolute Gasteiger partial charge is 0.348 e. The van der Waals surface area contributed by atoms with Crippen molar-refractivity contribution in [3.63, 3.8) is 0 Å². The summed E-state index contributed by atoms with van der Waals surface area (Å²) in [7, 11) is 0. The molecule has 0 aromatic heterocycles. The molecule has 2 rings (SSSR count). The van der Waals surface area contributed by atoms with Gasteiger partial charge >= 0.3 is 0 Å². The molecule has 0 fully saturated rings. The van der Waals surface area contributed by atoms with Gasteiger partial charge in [0, 0.05) is 18.7 Å². The van der Waals surface area contributed by atoms with Crippen LogP contribution in [0.5, 0.6) is 0 Å². The van der Waals surface area contributed by atoms with E-state index in [9.17, 15) is 4.79 Å². The number of carbonyl (C=O) groups excluding carboxylic acids is 1. The van der Waals surface area contributed by atoms with E-state index in [4.69, 9.17) is 0 Å². The van der Waals surface area contributed by atoms with E-state index in [1.807, 2.05) is 24.3 Å². The van der Waals surface area contributed by atoms with Crippen LogP contribution in [-0.2, 0) is 5.41 Å². The zero-order valence-electron chi connectivity index (χ0n) is 12.6. The SMILES string of the molecule is CC(C)(C)c1ccc(C(=O)NCC2=CCNCC2)cc1. The number of hydrogen-bond donors (Lipinski definition) is 2. The summed E-state index contributed by atoms with van der Waals surface area (Å²) in [5.74, 6) is 0.00453. The maximum Gasteiger partial charge on any atom is 0.251 e. The smallest absolute Gasteiger partial charge is 0.251 e. The van der Waals surface area contributed by atoms with E-state index in [0.717, 1.165) is 25.1 Å². The second-order valence-electron chi connectivity index (χ2n) is 6.33. The zero-order valence-corrected chi connectivity index (χ0v) is 12.6. The van der Waals surface area contributed by atoms with Crippen molar-refractivity contribution in [3.8, 4) is 0 Å². The monoisotopic (exact) mass is 272 g/mol. The molecule has 0 unspecified atom stereocenters. The third-order valence-corrected chi connectivity index (χ3v) is 3.65. The Balaban J connectivity index is 1.94. The van der Waals surface area contributed by atoms with E-state index in [2.05, 4.69) is 37.5 Å². The fourth-order valence-electron chi connectivity index (χ4n) is 2.25. The third-order valence-electron chi connectivity index (χ3n) is 3.65. The minimum Gasteiger partial charge on any atom is -0.348 e. The molecule has 1 aromatic carbocycles. The van der Waals surface area contributed by atoms with E-state index in [-0.39, 0.29) is 11.3 Å². The van der Waals surface area contributed by atoms with Crippen molar-refractivity contribution in [2.45, 2.75) is 32.6 Å². The molecule has 1 heterocycles. The van der Waals surface area contributed by atoms with Gasteiger partial charge in [-0.05, 0) is 36.1 Å². The Kier molecular flexibility index (Phi) is 4.61. The summed E-state index contributed by atoms with van der Waals surface area (Å²) in [6, 6.07) is 7.90. The lowest BCUT2D eigenvalue weighted by Gasteiger charge is -2.19. The van der Waals surface area contributed by atoms with Gasteiger partial charge in [0.1, 0.15) is 0 Å². The Hall–Kier alpha value is -1.61. The van der Waals surface area contributed by atoms with Gasteiger partial charge in [0.05, 0.1) is 0 Å². The summed E-state index contributed by atoms with van der Waals surface area (Å²) in [5, 5.41) is 6.26. The molecular formula is C17H24N2O. The molecule has 0 spiro atoms. The van der Waals surface area contributed by atoms with Crippen LogP contribution in [-0.4, -0.2) is 25.5 Å². The number of hydrogen-bond acceptors (Lipinski definition) is 2. The quantitative estimate of drug-likeness (QED) is 0.831.